The predicted molar refractivity (Wildman–Crippen MR) is 65.9 cm³/mol. The molecule has 0 aliphatic heterocycles. The molecule has 0 saturated carbocycles. The van der Waals surface area contributed by atoms with Gasteiger partial charge in [-0.15, -0.1) is 0 Å². The normalized spacial score (nSPS) is 9.56. The summed E-state index contributed by atoms with van der Waals surface area (Å²) in [6, 6.07) is 5.20. The van der Waals surface area contributed by atoms with Crippen LogP contribution in [0.3, 0.4) is 0 Å². The summed E-state index contributed by atoms with van der Waals surface area (Å²) in [5.74, 6) is -0.482. The lowest BCUT2D eigenvalue weighted by atomic mass is 10.0. The molecule has 4 nitrogen and oxygen atoms in total. The number of aromatic hydroxyl groups is 1. The number of esters is 1. The van der Waals surface area contributed by atoms with Gasteiger partial charge in [-0.1, -0.05) is 6.07 Å². The first-order valence-electron chi connectivity index (χ1n) is 4.66. The fraction of sp³-hybridized carbons (Fsp3) is 0.273. The van der Waals surface area contributed by atoms with E-state index in [-0.39, 0.29) is 17.7 Å². The number of nitriles is 1. The molecule has 1 aromatic carbocycles. The van der Waals surface area contributed by atoms with Crippen LogP contribution in [0.15, 0.2) is 12.1 Å². The van der Waals surface area contributed by atoms with Crippen LogP contribution in [-0.4, -0.2) is 17.7 Å². The highest BCUT2D eigenvalue weighted by atomic mass is 127. The quantitative estimate of drug-likeness (QED) is 0.679. The Morgan fingerprint density at radius 1 is 1.62 bits per heavy atom. The Hall–Kier alpha value is -1.29. The number of carbonyl (C=O) groups is 1. The summed E-state index contributed by atoms with van der Waals surface area (Å²) in [6.07, 6.45) is 0.00120. The number of carbonyl (C=O) groups excluding carboxylic acids is 1. The monoisotopic (exact) mass is 331 g/mol. The fourth-order valence-electron chi connectivity index (χ4n) is 1.25. The standard InChI is InChI=1S/C11H10INO3/c1-2-16-10(14)5-7-3-4-9(12)11(15)8(7)6-13/h3-4,15H,2,5H2,1H3. The third kappa shape index (κ3) is 2.85. The Bertz CT molecular complexity index is 451. The summed E-state index contributed by atoms with van der Waals surface area (Å²) in [7, 11) is 0. The van der Waals surface area contributed by atoms with Crippen LogP contribution >= 0.6 is 22.6 Å². The van der Waals surface area contributed by atoms with E-state index in [1.165, 1.54) is 0 Å². The van der Waals surface area contributed by atoms with E-state index in [0.29, 0.717) is 15.7 Å². The lowest BCUT2D eigenvalue weighted by Crippen LogP contribution is -2.08. The van der Waals surface area contributed by atoms with Crippen molar-refractivity contribution in [3.63, 3.8) is 0 Å². The number of rotatable bonds is 3. The Kier molecular flexibility index (Phi) is 4.55. The highest BCUT2D eigenvalue weighted by molar-refractivity contribution is 14.1. The van der Waals surface area contributed by atoms with Crippen molar-refractivity contribution in [2.45, 2.75) is 13.3 Å². The summed E-state index contributed by atoms with van der Waals surface area (Å²) < 4.78 is 5.37. The fourth-order valence-corrected chi connectivity index (χ4v) is 1.70. The second-order valence-corrected chi connectivity index (χ2v) is 4.19. The summed E-state index contributed by atoms with van der Waals surface area (Å²) in [6.45, 7) is 2.02. The maximum Gasteiger partial charge on any atom is 0.310 e. The van der Waals surface area contributed by atoms with Crippen LogP contribution in [0.1, 0.15) is 18.1 Å². The number of halogens is 1. The molecule has 0 amide bonds. The second-order valence-electron chi connectivity index (χ2n) is 3.02. The van der Waals surface area contributed by atoms with Crippen molar-refractivity contribution in [3.8, 4) is 11.8 Å². The van der Waals surface area contributed by atoms with Crippen molar-refractivity contribution in [2.75, 3.05) is 6.61 Å². The molecule has 0 aliphatic rings. The minimum Gasteiger partial charge on any atom is -0.505 e. The molecule has 0 aromatic heterocycles. The zero-order chi connectivity index (χ0) is 12.1. The SMILES string of the molecule is CCOC(=O)Cc1ccc(I)c(O)c1C#N. The van der Waals surface area contributed by atoms with Crippen LogP contribution in [0.2, 0.25) is 0 Å². The number of nitrogens with zero attached hydrogens (tertiary/aromatic N) is 1. The smallest absolute Gasteiger partial charge is 0.310 e. The minimum atomic E-state index is -0.403. The number of phenols is 1. The van der Waals surface area contributed by atoms with Crippen LogP contribution in [0, 0.1) is 14.9 Å². The third-order valence-corrected chi connectivity index (χ3v) is 2.84. The van der Waals surface area contributed by atoms with Gasteiger partial charge in [0.05, 0.1) is 22.2 Å². The highest BCUT2D eigenvalue weighted by Gasteiger charge is 2.14. The van der Waals surface area contributed by atoms with E-state index in [9.17, 15) is 9.90 Å². The summed E-state index contributed by atoms with van der Waals surface area (Å²) in [5.41, 5.74) is 0.624. The topological polar surface area (TPSA) is 70.3 Å². The van der Waals surface area contributed by atoms with Crippen molar-refractivity contribution in [1.29, 1.82) is 5.26 Å². The van der Waals surface area contributed by atoms with Gasteiger partial charge in [0.15, 0.2) is 0 Å². The highest BCUT2D eigenvalue weighted by Crippen LogP contribution is 2.27. The van der Waals surface area contributed by atoms with Crippen molar-refractivity contribution in [3.05, 3.63) is 26.8 Å². The molecule has 16 heavy (non-hydrogen) atoms. The van der Waals surface area contributed by atoms with E-state index < -0.39 is 5.97 Å². The van der Waals surface area contributed by atoms with Gasteiger partial charge in [0.25, 0.3) is 0 Å². The van der Waals surface area contributed by atoms with Gasteiger partial charge in [-0.05, 0) is 41.1 Å². The first kappa shape index (κ1) is 12.8. The zero-order valence-electron chi connectivity index (χ0n) is 8.66. The van der Waals surface area contributed by atoms with E-state index >= 15 is 0 Å². The number of phenolic OH excluding ortho intramolecular Hbond substituents is 1. The Morgan fingerprint density at radius 3 is 2.88 bits per heavy atom. The molecule has 0 bridgehead atoms. The van der Waals surface area contributed by atoms with E-state index in [0.717, 1.165) is 0 Å². The van der Waals surface area contributed by atoms with Crippen LogP contribution in [-0.2, 0) is 16.0 Å². The molecule has 0 aliphatic carbocycles. The van der Waals surface area contributed by atoms with Gasteiger partial charge in [-0.2, -0.15) is 5.26 Å². The van der Waals surface area contributed by atoms with Crippen molar-refractivity contribution >= 4 is 28.6 Å². The lowest BCUT2D eigenvalue weighted by Gasteiger charge is -2.06. The molecular weight excluding hydrogens is 321 g/mol. The lowest BCUT2D eigenvalue weighted by molar-refractivity contribution is -0.142. The van der Waals surface area contributed by atoms with E-state index in [1.807, 2.05) is 28.7 Å². The molecule has 84 valence electrons. The van der Waals surface area contributed by atoms with Gasteiger partial charge in [-0.25, -0.2) is 0 Å². The van der Waals surface area contributed by atoms with Crippen molar-refractivity contribution < 1.29 is 14.6 Å². The number of ether oxygens (including phenoxy) is 1. The number of hydrogen-bond acceptors (Lipinski definition) is 4. The van der Waals surface area contributed by atoms with Crippen LogP contribution in [0.25, 0.3) is 0 Å². The maximum atomic E-state index is 11.3. The van der Waals surface area contributed by atoms with Gasteiger partial charge >= 0.3 is 5.97 Å². The molecular formula is C11H10INO3. The molecule has 0 spiro atoms. The summed E-state index contributed by atoms with van der Waals surface area (Å²) in [4.78, 5) is 11.3. The molecule has 0 heterocycles. The zero-order valence-corrected chi connectivity index (χ0v) is 10.8. The molecule has 1 rings (SSSR count). The van der Waals surface area contributed by atoms with Gasteiger partial charge < -0.3 is 9.84 Å². The molecule has 1 aromatic rings. The molecule has 0 fully saturated rings. The van der Waals surface area contributed by atoms with Crippen molar-refractivity contribution in [1.82, 2.24) is 0 Å². The van der Waals surface area contributed by atoms with Gasteiger partial charge in [-0.3, -0.25) is 4.79 Å². The molecule has 0 saturated heterocycles. The van der Waals surface area contributed by atoms with Gasteiger partial charge in [0.1, 0.15) is 11.8 Å². The second kappa shape index (κ2) is 5.70. The molecule has 0 unspecified atom stereocenters. The first-order chi connectivity index (χ1) is 7.60. The minimum absolute atomic E-state index is 0.00120. The average molecular weight is 331 g/mol. The summed E-state index contributed by atoms with van der Waals surface area (Å²) >= 11 is 1.92. The molecule has 1 N–H and O–H groups in total. The molecule has 0 radical (unpaired) electrons. The van der Waals surface area contributed by atoms with Crippen molar-refractivity contribution in [2.24, 2.45) is 0 Å². The Labute approximate surface area is 107 Å². The number of benzene rings is 1. The van der Waals surface area contributed by atoms with Gasteiger partial charge in [0, 0.05) is 0 Å². The maximum absolute atomic E-state index is 11.3. The van der Waals surface area contributed by atoms with E-state index in [2.05, 4.69) is 0 Å². The van der Waals surface area contributed by atoms with Gasteiger partial charge in [0.2, 0.25) is 0 Å². The van der Waals surface area contributed by atoms with Crippen LogP contribution in [0.4, 0.5) is 0 Å². The van der Waals surface area contributed by atoms with Crippen LogP contribution < -0.4 is 0 Å². The number of hydrogen-bond donors (Lipinski definition) is 1. The largest absolute Gasteiger partial charge is 0.505 e. The Morgan fingerprint density at radius 2 is 2.31 bits per heavy atom. The first-order valence-corrected chi connectivity index (χ1v) is 5.74. The van der Waals surface area contributed by atoms with E-state index in [4.69, 9.17) is 10.00 Å². The Balaban J connectivity index is 3.02. The van der Waals surface area contributed by atoms with Crippen LogP contribution in [0.5, 0.6) is 5.75 Å². The van der Waals surface area contributed by atoms with E-state index in [1.54, 1.807) is 19.1 Å². The third-order valence-electron chi connectivity index (χ3n) is 1.97. The summed E-state index contributed by atoms with van der Waals surface area (Å²) in [5, 5.41) is 18.5. The average Bonchev–Trinajstić information content (AvgIpc) is 2.24. The molecule has 0 atom stereocenters. The predicted octanol–water partition coefficient (Wildman–Crippen LogP) is 1.97. The molecule has 5 heteroatoms.